The van der Waals surface area contributed by atoms with Crippen molar-refractivity contribution in [2.45, 2.75) is 45.3 Å². The molecule has 0 bridgehead atoms. The minimum absolute atomic E-state index is 0.135. The average Bonchev–Trinajstić information content (AvgIpc) is 3.49. The van der Waals surface area contributed by atoms with Crippen LogP contribution in [0.25, 0.3) is 0 Å². The first-order chi connectivity index (χ1) is 15.2. The number of piperazine rings is 1. The molecule has 8 nitrogen and oxygen atoms in total. The first kappa shape index (κ1) is 21.6. The Kier molecular flexibility index (Phi) is 7.06. The predicted molar refractivity (Wildman–Crippen MR) is 120 cm³/mol. The van der Waals surface area contributed by atoms with E-state index in [-0.39, 0.29) is 17.9 Å². The van der Waals surface area contributed by atoms with Crippen LogP contribution < -0.4 is 10.2 Å². The summed E-state index contributed by atoms with van der Waals surface area (Å²) in [5, 5.41) is 3.38. The van der Waals surface area contributed by atoms with Crippen molar-refractivity contribution in [1.29, 1.82) is 0 Å². The summed E-state index contributed by atoms with van der Waals surface area (Å²) >= 11 is 0. The minimum atomic E-state index is -0.243. The quantitative estimate of drug-likeness (QED) is 0.571. The van der Waals surface area contributed by atoms with Gasteiger partial charge in [0.2, 0.25) is 5.91 Å². The lowest BCUT2D eigenvalue weighted by molar-refractivity contribution is -0.142. The summed E-state index contributed by atoms with van der Waals surface area (Å²) in [7, 11) is 0. The molecule has 3 heterocycles. The number of guanidine groups is 1. The van der Waals surface area contributed by atoms with E-state index in [1.807, 2.05) is 34.1 Å². The molecule has 8 heteroatoms. The molecule has 31 heavy (non-hydrogen) atoms. The van der Waals surface area contributed by atoms with Crippen molar-refractivity contribution in [1.82, 2.24) is 15.1 Å². The lowest BCUT2D eigenvalue weighted by Crippen LogP contribution is -2.55. The topological polar surface area (TPSA) is 77.5 Å². The van der Waals surface area contributed by atoms with E-state index in [1.165, 1.54) is 0 Å². The van der Waals surface area contributed by atoms with E-state index >= 15 is 0 Å². The van der Waals surface area contributed by atoms with Crippen LogP contribution in [0.4, 0.5) is 5.69 Å². The van der Waals surface area contributed by atoms with Crippen molar-refractivity contribution in [2.75, 3.05) is 50.8 Å². The second-order valence-electron chi connectivity index (χ2n) is 8.30. The number of nitrogens with zero attached hydrogens (tertiary/aromatic N) is 4. The highest BCUT2D eigenvalue weighted by atomic mass is 16.5. The first-order valence-electron chi connectivity index (χ1n) is 11.5. The molecule has 0 saturated carbocycles. The molecule has 3 fully saturated rings. The molecule has 4 rings (SSSR count). The normalized spacial score (nSPS) is 22.4. The molecule has 2 amide bonds. The molecular formula is C23H33N5O3. The monoisotopic (exact) mass is 427 g/mol. The number of amides is 2. The van der Waals surface area contributed by atoms with Crippen LogP contribution >= 0.6 is 0 Å². The van der Waals surface area contributed by atoms with Crippen molar-refractivity contribution < 1.29 is 14.3 Å². The molecule has 168 valence electrons. The summed E-state index contributed by atoms with van der Waals surface area (Å²) in [5.74, 6) is 1.22. The number of rotatable bonds is 5. The molecule has 0 aliphatic carbocycles. The van der Waals surface area contributed by atoms with Gasteiger partial charge in [0.1, 0.15) is 6.10 Å². The number of benzene rings is 1. The fourth-order valence-electron chi connectivity index (χ4n) is 4.41. The fraction of sp³-hybridized carbons (Fsp3) is 0.609. The highest BCUT2D eigenvalue weighted by Gasteiger charge is 2.31. The van der Waals surface area contributed by atoms with Crippen LogP contribution in [0.15, 0.2) is 29.3 Å². The maximum atomic E-state index is 12.6. The summed E-state index contributed by atoms with van der Waals surface area (Å²) < 4.78 is 5.55. The molecule has 3 saturated heterocycles. The highest BCUT2D eigenvalue weighted by molar-refractivity contribution is 5.95. The van der Waals surface area contributed by atoms with E-state index in [2.05, 4.69) is 17.1 Å². The van der Waals surface area contributed by atoms with E-state index in [9.17, 15) is 9.59 Å². The molecule has 0 aromatic heterocycles. The van der Waals surface area contributed by atoms with Gasteiger partial charge in [0.25, 0.3) is 5.91 Å². The molecule has 1 unspecified atom stereocenters. The van der Waals surface area contributed by atoms with Gasteiger partial charge in [-0.05, 0) is 43.9 Å². The van der Waals surface area contributed by atoms with Gasteiger partial charge in [-0.25, -0.2) is 4.99 Å². The number of aliphatic imine (C=N–C) groups is 1. The van der Waals surface area contributed by atoms with Crippen molar-refractivity contribution in [3.8, 4) is 0 Å². The van der Waals surface area contributed by atoms with E-state index in [0.29, 0.717) is 32.7 Å². The maximum absolute atomic E-state index is 12.6. The molecule has 1 aromatic carbocycles. The third kappa shape index (κ3) is 5.18. The lowest BCUT2D eigenvalue weighted by Gasteiger charge is -2.37. The van der Waals surface area contributed by atoms with Crippen LogP contribution in [-0.4, -0.2) is 79.6 Å². The number of hydrogen-bond donors (Lipinski definition) is 1. The number of nitrogens with one attached hydrogen (secondary N) is 1. The van der Waals surface area contributed by atoms with Gasteiger partial charge >= 0.3 is 0 Å². The molecule has 1 aromatic rings. The van der Waals surface area contributed by atoms with Crippen LogP contribution in [0.2, 0.25) is 0 Å². The molecule has 0 radical (unpaired) electrons. The van der Waals surface area contributed by atoms with Gasteiger partial charge in [0, 0.05) is 58.0 Å². The number of ether oxygens (including phenoxy) is 1. The summed E-state index contributed by atoms with van der Waals surface area (Å²) in [6.07, 6.45) is 3.15. The first-order valence-corrected chi connectivity index (χ1v) is 11.5. The van der Waals surface area contributed by atoms with Crippen LogP contribution in [0, 0.1) is 0 Å². The summed E-state index contributed by atoms with van der Waals surface area (Å²) in [6.45, 7) is 7.86. The molecule has 1 atom stereocenters. The zero-order chi connectivity index (χ0) is 21.6. The lowest BCUT2D eigenvalue weighted by atomic mass is 10.2. The number of carbonyl (C=O) groups excluding carboxylic acids is 2. The predicted octanol–water partition coefficient (Wildman–Crippen LogP) is 1.60. The second-order valence-corrected chi connectivity index (χ2v) is 8.30. The Morgan fingerprint density at radius 1 is 1.10 bits per heavy atom. The maximum Gasteiger partial charge on any atom is 0.251 e. The second kappa shape index (κ2) is 10.1. The van der Waals surface area contributed by atoms with Gasteiger partial charge in [-0.1, -0.05) is 12.1 Å². The largest absolute Gasteiger partial charge is 0.368 e. The number of carbonyl (C=O) groups is 2. The van der Waals surface area contributed by atoms with Crippen molar-refractivity contribution in [3.05, 3.63) is 29.8 Å². The SMILES string of the molecule is CCNC(=NCc1ccc(N2CCCC2=O)cc1)N1CCN(C(=O)C2CCCO2)CC1. The molecule has 3 aliphatic rings. The fourth-order valence-corrected chi connectivity index (χ4v) is 4.41. The Morgan fingerprint density at radius 3 is 2.45 bits per heavy atom. The summed E-state index contributed by atoms with van der Waals surface area (Å²) in [4.78, 5) is 35.3. The summed E-state index contributed by atoms with van der Waals surface area (Å²) in [5.41, 5.74) is 2.08. The van der Waals surface area contributed by atoms with Crippen molar-refractivity contribution in [2.24, 2.45) is 4.99 Å². The average molecular weight is 428 g/mol. The van der Waals surface area contributed by atoms with Crippen molar-refractivity contribution in [3.63, 3.8) is 0 Å². The molecule has 3 aliphatic heterocycles. The van der Waals surface area contributed by atoms with E-state index < -0.39 is 0 Å². The van der Waals surface area contributed by atoms with E-state index in [0.717, 1.165) is 62.7 Å². The number of hydrogen-bond acceptors (Lipinski definition) is 4. The van der Waals surface area contributed by atoms with Crippen LogP contribution in [0.5, 0.6) is 0 Å². The Balaban J connectivity index is 1.33. The zero-order valence-electron chi connectivity index (χ0n) is 18.4. The van der Waals surface area contributed by atoms with Gasteiger partial charge in [0.15, 0.2) is 5.96 Å². The molecule has 0 spiro atoms. The Morgan fingerprint density at radius 2 is 1.84 bits per heavy atom. The Bertz CT molecular complexity index is 796. The van der Waals surface area contributed by atoms with E-state index in [1.54, 1.807) is 0 Å². The van der Waals surface area contributed by atoms with Gasteiger partial charge in [0.05, 0.1) is 6.54 Å². The summed E-state index contributed by atoms with van der Waals surface area (Å²) in [6, 6.07) is 8.12. The standard InChI is InChI=1S/C23H33N5O3/c1-2-24-23(27-14-12-26(13-15-27)22(30)20-5-4-16-31-20)25-17-18-7-9-19(10-8-18)28-11-3-6-21(28)29/h7-10,20H,2-6,11-17H2,1H3,(H,24,25). The highest BCUT2D eigenvalue weighted by Crippen LogP contribution is 2.22. The van der Waals surface area contributed by atoms with Crippen molar-refractivity contribution >= 4 is 23.5 Å². The third-order valence-electron chi connectivity index (χ3n) is 6.16. The van der Waals surface area contributed by atoms with Gasteiger partial charge in [-0.15, -0.1) is 0 Å². The van der Waals surface area contributed by atoms with Gasteiger partial charge in [-0.2, -0.15) is 0 Å². The molecule has 1 N–H and O–H groups in total. The van der Waals surface area contributed by atoms with Gasteiger partial charge < -0.3 is 24.8 Å². The van der Waals surface area contributed by atoms with Crippen LogP contribution in [-0.2, 0) is 20.9 Å². The van der Waals surface area contributed by atoms with Crippen LogP contribution in [0.1, 0.15) is 38.2 Å². The molecular weight excluding hydrogens is 394 g/mol. The Labute approximate surface area is 184 Å². The minimum Gasteiger partial charge on any atom is -0.368 e. The Hall–Kier alpha value is -2.61. The van der Waals surface area contributed by atoms with Gasteiger partial charge in [-0.3, -0.25) is 9.59 Å². The zero-order valence-corrected chi connectivity index (χ0v) is 18.4. The number of anilines is 1. The van der Waals surface area contributed by atoms with Crippen LogP contribution in [0.3, 0.4) is 0 Å². The van der Waals surface area contributed by atoms with E-state index in [4.69, 9.17) is 9.73 Å². The third-order valence-corrected chi connectivity index (χ3v) is 6.16. The smallest absolute Gasteiger partial charge is 0.251 e.